The zero-order chi connectivity index (χ0) is 19.3. The second-order valence-electron chi connectivity index (χ2n) is 8.44. The Morgan fingerprint density at radius 2 is 2.04 bits per heavy atom. The maximum Gasteiger partial charge on any atom is 0.230 e. The van der Waals surface area contributed by atoms with Crippen molar-refractivity contribution in [2.75, 3.05) is 53.4 Å². The van der Waals surface area contributed by atoms with Gasteiger partial charge in [0.25, 0.3) is 0 Å². The van der Waals surface area contributed by atoms with E-state index >= 15 is 0 Å². The lowest BCUT2D eigenvalue weighted by Crippen LogP contribution is -2.37. The number of likely N-dealkylation sites (tertiary alicyclic amines) is 2. The van der Waals surface area contributed by atoms with Crippen molar-refractivity contribution >= 4 is 5.91 Å². The van der Waals surface area contributed by atoms with Crippen molar-refractivity contribution in [2.45, 2.75) is 39.2 Å². The molecular formula is C22H35N3O2. The van der Waals surface area contributed by atoms with Gasteiger partial charge in [0.15, 0.2) is 0 Å². The number of amides is 1. The fourth-order valence-electron chi connectivity index (χ4n) is 4.41. The molecule has 150 valence electrons. The molecule has 1 atom stereocenters. The van der Waals surface area contributed by atoms with Gasteiger partial charge in [-0.1, -0.05) is 19.1 Å². The third-order valence-corrected chi connectivity index (χ3v) is 5.85. The topological polar surface area (TPSA) is 36.0 Å². The molecule has 2 aliphatic rings. The van der Waals surface area contributed by atoms with Crippen molar-refractivity contribution in [3.63, 3.8) is 0 Å². The Kier molecular flexibility index (Phi) is 6.77. The number of carbonyl (C=O) groups excluding carboxylic acids is 1. The van der Waals surface area contributed by atoms with Gasteiger partial charge >= 0.3 is 0 Å². The van der Waals surface area contributed by atoms with Crippen molar-refractivity contribution in [2.24, 2.45) is 5.41 Å². The highest BCUT2D eigenvalue weighted by Gasteiger charge is 2.50. The Labute approximate surface area is 164 Å². The molecule has 2 heterocycles. The van der Waals surface area contributed by atoms with Gasteiger partial charge in [0.2, 0.25) is 5.91 Å². The molecule has 0 aromatic heterocycles. The molecule has 1 spiro atoms. The molecule has 0 aliphatic carbocycles. The van der Waals surface area contributed by atoms with Crippen LogP contribution < -0.4 is 4.74 Å². The lowest BCUT2D eigenvalue weighted by molar-refractivity contribution is -0.135. The summed E-state index contributed by atoms with van der Waals surface area (Å²) in [5, 5.41) is 0. The highest BCUT2D eigenvalue weighted by atomic mass is 16.5. The van der Waals surface area contributed by atoms with Gasteiger partial charge in [0, 0.05) is 32.7 Å². The van der Waals surface area contributed by atoms with E-state index in [1.807, 2.05) is 6.07 Å². The summed E-state index contributed by atoms with van der Waals surface area (Å²) in [5.41, 5.74) is 1.16. The maximum absolute atomic E-state index is 12.8. The SMILES string of the molecule is CCCN1CCC2(CCN(Cc3cccc(OCCCN(C)C)c3)C2)C1=O. The van der Waals surface area contributed by atoms with Crippen LogP contribution >= 0.6 is 0 Å². The van der Waals surface area contributed by atoms with Crippen LogP contribution in [0.2, 0.25) is 0 Å². The van der Waals surface area contributed by atoms with Crippen molar-refractivity contribution in [1.29, 1.82) is 0 Å². The van der Waals surface area contributed by atoms with Gasteiger partial charge in [-0.15, -0.1) is 0 Å². The first kappa shape index (κ1) is 20.2. The zero-order valence-corrected chi connectivity index (χ0v) is 17.2. The molecule has 1 unspecified atom stereocenters. The van der Waals surface area contributed by atoms with E-state index in [1.54, 1.807) is 0 Å². The number of hydrogen-bond donors (Lipinski definition) is 0. The molecule has 0 radical (unpaired) electrons. The molecule has 1 amide bonds. The highest BCUT2D eigenvalue weighted by molar-refractivity contribution is 5.85. The second-order valence-corrected chi connectivity index (χ2v) is 8.44. The van der Waals surface area contributed by atoms with E-state index in [1.165, 1.54) is 5.56 Å². The molecule has 5 nitrogen and oxygen atoms in total. The van der Waals surface area contributed by atoms with Crippen molar-refractivity contribution < 1.29 is 9.53 Å². The number of carbonyl (C=O) groups is 1. The van der Waals surface area contributed by atoms with Crippen LogP contribution in [-0.2, 0) is 11.3 Å². The predicted octanol–water partition coefficient (Wildman–Crippen LogP) is 2.85. The van der Waals surface area contributed by atoms with Gasteiger partial charge in [-0.3, -0.25) is 9.69 Å². The van der Waals surface area contributed by atoms with Crippen molar-refractivity contribution in [1.82, 2.24) is 14.7 Å². The molecule has 5 heteroatoms. The third-order valence-electron chi connectivity index (χ3n) is 5.85. The zero-order valence-electron chi connectivity index (χ0n) is 17.2. The van der Waals surface area contributed by atoms with Gasteiger partial charge in [0.05, 0.1) is 12.0 Å². The standard InChI is InChI=1S/C22H35N3O2/c1-4-11-25-14-10-22(21(25)26)9-13-24(18-22)17-19-7-5-8-20(16-19)27-15-6-12-23(2)3/h5,7-8,16H,4,6,9-15,17-18H2,1-3H3. The highest BCUT2D eigenvalue weighted by Crippen LogP contribution is 2.41. The van der Waals surface area contributed by atoms with Gasteiger partial charge < -0.3 is 14.5 Å². The minimum Gasteiger partial charge on any atom is -0.494 e. The van der Waals surface area contributed by atoms with Crippen LogP contribution in [0.4, 0.5) is 0 Å². The van der Waals surface area contributed by atoms with Crippen LogP contribution in [0.3, 0.4) is 0 Å². The number of benzene rings is 1. The molecule has 0 saturated carbocycles. The monoisotopic (exact) mass is 373 g/mol. The summed E-state index contributed by atoms with van der Waals surface area (Å²) in [5.74, 6) is 1.34. The molecule has 0 N–H and O–H groups in total. The maximum atomic E-state index is 12.8. The largest absolute Gasteiger partial charge is 0.494 e. The first-order valence-corrected chi connectivity index (χ1v) is 10.4. The third kappa shape index (κ3) is 5.02. The van der Waals surface area contributed by atoms with Gasteiger partial charge in [-0.05, 0) is 64.0 Å². The van der Waals surface area contributed by atoms with E-state index in [0.717, 1.165) is 77.3 Å². The summed E-state index contributed by atoms with van der Waals surface area (Å²) >= 11 is 0. The van der Waals surface area contributed by atoms with E-state index in [2.05, 4.69) is 53.9 Å². The van der Waals surface area contributed by atoms with E-state index in [-0.39, 0.29) is 5.41 Å². The summed E-state index contributed by atoms with van der Waals surface area (Å²) in [6.07, 6.45) is 4.11. The minimum absolute atomic E-state index is 0.116. The number of ether oxygens (including phenoxy) is 1. The molecule has 2 aliphatic heterocycles. The molecule has 27 heavy (non-hydrogen) atoms. The van der Waals surface area contributed by atoms with Crippen LogP contribution in [0.5, 0.6) is 5.75 Å². The molecular weight excluding hydrogens is 338 g/mol. The normalized spacial score (nSPS) is 23.1. The summed E-state index contributed by atoms with van der Waals surface area (Å²) in [6.45, 7) is 8.60. The molecule has 2 fully saturated rings. The van der Waals surface area contributed by atoms with Crippen LogP contribution in [0.1, 0.15) is 38.2 Å². The summed E-state index contributed by atoms with van der Waals surface area (Å²) in [7, 11) is 4.17. The minimum atomic E-state index is -0.116. The summed E-state index contributed by atoms with van der Waals surface area (Å²) in [6, 6.07) is 8.43. The predicted molar refractivity (Wildman–Crippen MR) is 109 cm³/mol. The number of hydrogen-bond acceptors (Lipinski definition) is 4. The fraction of sp³-hybridized carbons (Fsp3) is 0.682. The number of rotatable bonds is 9. The molecule has 1 aromatic rings. The van der Waals surface area contributed by atoms with E-state index in [4.69, 9.17) is 4.74 Å². The Morgan fingerprint density at radius 1 is 1.22 bits per heavy atom. The smallest absolute Gasteiger partial charge is 0.230 e. The Balaban J connectivity index is 1.51. The second kappa shape index (κ2) is 9.07. The van der Waals surface area contributed by atoms with Crippen LogP contribution in [0, 0.1) is 5.41 Å². The van der Waals surface area contributed by atoms with E-state index in [0.29, 0.717) is 5.91 Å². The van der Waals surface area contributed by atoms with Crippen molar-refractivity contribution in [3.05, 3.63) is 29.8 Å². The van der Waals surface area contributed by atoms with E-state index in [9.17, 15) is 4.79 Å². The molecule has 3 rings (SSSR count). The number of nitrogens with zero attached hydrogens (tertiary/aromatic N) is 3. The first-order chi connectivity index (χ1) is 13.0. The first-order valence-electron chi connectivity index (χ1n) is 10.4. The average Bonchev–Trinajstić information content (AvgIpc) is 3.18. The Morgan fingerprint density at radius 3 is 2.81 bits per heavy atom. The summed E-state index contributed by atoms with van der Waals surface area (Å²) < 4.78 is 5.91. The fourth-order valence-corrected chi connectivity index (χ4v) is 4.41. The van der Waals surface area contributed by atoms with Crippen LogP contribution in [0.15, 0.2) is 24.3 Å². The Hall–Kier alpha value is -1.59. The molecule has 0 bridgehead atoms. The van der Waals surface area contributed by atoms with Crippen LogP contribution in [-0.4, -0.2) is 74.0 Å². The van der Waals surface area contributed by atoms with Crippen LogP contribution in [0.25, 0.3) is 0 Å². The molecule has 1 aromatic carbocycles. The van der Waals surface area contributed by atoms with Crippen molar-refractivity contribution in [3.8, 4) is 5.75 Å². The van der Waals surface area contributed by atoms with E-state index < -0.39 is 0 Å². The van der Waals surface area contributed by atoms with Gasteiger partial charge in [0.1, 0.15) is 5.75 Å². The van der Waals surface area contributed by atoms with Gasteiger partial charge in [-0.2, -0.15) is 0 Å². The lowest BCUT2D eigenvalue weighted by atomic mass is 9.85. The van der Waals surface area contributed by atoms with Gasteiger partial charge in [-0.25, -0.2) is 0 Å². The average molecular weight is 374 g/mol. The lowest BCUT2D eigenvalue weighted by Gasteiger charge is -2.23. The Bertz CT molecular complexity index is 634. The quantitative estimate of drug-likeness (QED) is 0.624. The summed E-state index contributed by atoms with van der Waals surface area (Å²) in [4.78, 5) is 19.5. The molecule has 2 saturated heterocycles.